The monoisotopic (exact) mass is 383 g/mol. The molecule has 2 aromatic rings. The highest BCUT2D eigenvalue weighted by atomic mass is 32.2. The van der Waals surface area contributed by atoms with E-state index in [1.54, 1.807) is 31.4 Å². The number of aliphatic imine (C=N–C) groups is 1. The van der Waals surface area contributed by atoms with E-state index in [1.807, 2.05) is 43.3 Å². The number of carbonyl (C=O) groups is 2. The molecule has 0 bridgehead atoms. The summed E-state index contributed by atoms with van der Waals surface area (Å²) >= 11 is 1.33. The Bertz CT molecular complexity index is 878. The third-order valence-corrected chi connectivity index (χ3v) is 5.30. The molecule has 1 N–H and O–H groups in total. The van der Waals surface area contributed by atoms with Gasteiger partial charge in [-0.3, -0.25) is 9.59 Å². The second kappa shape index (κ2) is 8.26. The van der Waals surface area contributed by atoms with Gasteiger partial charge in [-0.05, 0) is 24.3 Å². The van der Waals surface area contributed by atoms with Crippen LogP contribution in [0.5, 0.6) is 5.75 Å². The third kappa shape index (κ3) is 4.68. The van der Waals surface area contributed by atoms with E-state index >= 15 is 0 Å². The molecule has 1 atom stereocenters. The van der Waals surface area contributed by atoms with E-state index in [1.165, 1.54) is 11.8 Å². The Morgan fingerprint density at radius 2 is 1.96 bits per heavy atom. The van der Waals surface area contributed by atoms with Crippen LogP contribution in [0.4, 0.5) is 11.4 Å². The van der Waals surface area contributed by atoms with Gasteiger partial charge in [0.2, 0.25) is 5.91 Å². The van der Waals surface area contributed by atoms with Gasteiger partial charge in [0.05, 0.1) is 7.11 Å². The lowest BCUT2D eigenvalue weighted by molar-refractivity contribution is -0.121. The van der Waals surface area contributed by atoms with Gasteiger partial charge in [-0.15, -0.1) is 0 Å². The smallest absolute Gasteiger partial charge is 0.260 e. The lowest BCUT2D eigenvalue weighted by Gasteiger charge is -2.12. The Kier molecular flexibility index (Phi) is 5.81. The lowest BCUT2D eigenvalue weighted by Crippen LogP contribution is -2.21. The Balaban J connectivity index is 1.61. The van der Waals surface area contributed by atoms with Crippen molar-refractivity contribution in [2.24, 2.45) is 4.99 Å². The Hall–Kier alpha value is -2.80. The number of nitrogens with one attached hydrogen (secondary N) is 1. The number of ether oxygens (including phenoxy) is 1. The highest BCUT2D eigenvalue weighted by molar-refractivity contribution is 8.16. The summed E-state index contributed by atoms with van der Waals surface area (Å²) < 4.78 is 5.14. The van der Waals surface area contributed by atoms with Gasteiger partial charge in [-0.1, -0.05) is 30.0 Å². The van der Waals surface area contributed by atoms with Gasteiger partial charge in [0, 0.05) is 43.5 Å². The summed E-state index contributed by atoms with van der Waals surface area (Å²) in [4.78, 5) is 30.6. The summed E-state index contributed by atoms with van der Waals surface area (Å²) in [5.41, 5.74) is 2.59. The molecule has 7 heteroatoms. The van der Waals surface area contributed by atoms with E-state index in [2.05, 4.69) is 10.3 Å². The average molecular weight is 383 g/mol. The third-order valence-electron chi connectivity index (χ3n) is 4.10. The highest BCUT2D eigenvalue weighted by Crippen LogP contribution is 2.30. The first-order chi connectivity index (χ1) is 13.0. The van der Waals surface area contributed by atoms with Crippen LogP contribution in [0.15, 0.2) is 53.5 Å². The van der Waals surface area contributed by atoms with Crippen LogP contribution >= 0.6 is 11.8 Å². The number of methoxy groups -OCH3 is 1. The summed E-state index contributed by atoms with van der Waals surface area (Å²) in [7, 11) is 5.51. The molecular formula is C20H21N3O3S. The number of hydrogen-bond acceptors (Lipinski definition) is 5. The molecule has 0 radical (unpaired) electrons. The topological polar surface area (TPSA) is 71.0 Å². The molecule has 0 spiro atoms. The van der Waals surface area contributed by atoms with Crippen LogP contribution in [0.3, 0.4) is 0 Å². The van der Waals surface area contributed by atoms with Crippen LogP contribution in [-0.4, -0.2) is 43.3 Å². The second-order valence-electron chi connectivity index (χ2n) is 6.29. The maximum atomic E-state index is 12.3. The zero-order chi connectivity index (χ0) is 19.4. The molecule has 0 aromatic heterocycles. The van der Waals surface area contributed by atoms with Crippen molar-refractivity contribution in [3.8, 4) is 5.75 Å². The lowest BCUT2D eigenvalue weighted by atomic mass is 10.2. The van der Waals surface area contributed by atoms with Crippen LogP contribution in [-0.2, 0) is 9.59 Å². The number of thioether (sulfide) groups is 1. The minimum absolute atomic E-state index is 0.0729. The Labute approximate surface area is 162 Å². The number of rotatable bonds is 6. The molecule has 0 saturated carbocycles. The number of carbonyl (C=O) groups excluding carboxylic acids is 2. The van der Waals surface area contributed by atoms with Crippen LogP contribution in [0.2, 0.25) is 0 Å². The molecule has 0 aliphatic carbocycles. The van der Waals surface area contributed by atoms with E-state index in [0.29, 0.717) is 16.5 Å². The molecule has 27 heavy (non-hydrogen) atoms. The van der Waals surface area contributed by atoms with Gasteiger partial charge in [-0.2, -0.15) is 0 Å². The highest BCUT2D eigenvalue weighted by Gasteiger charge is 2.31. The minimum atomic E-state index is -0.501. The van der Waals surface area contributed by atoms with Crippen molar-refractivity contribution in [1.29, 1.82) is 0 Å². The van der Waals surface area contributed by atoms with Gasteiger partial charge in [0.15, 0.2) is 0 Å². The zero-order valence-corrected chi connectivity index (χ0v) is 16.2. The van der Waals surface area contributed by atoms with E-state index < -0.39 is 5.25 Å². The molecule has 6 nitrogen and oxygen atoms in total. The maximum absolute atomic E-state index is 12.3. The summed E-state index contributed by atoms with van der Waals surface area (Å²) in [6.07, 6.45) is 0.0729. The van der Waals surface area contributed by atoms with Crippen molar-refractivity contribution >= 4 is 40.0 Å². The first kappa shape index (κ1) is 19.0. The normalized spacial score (nSPS) is 16.0. The Morgan fingerprint density at radius 1 is 1.22 bits per heavy atom. The molecule has 0 unspecified atom stereocenters. The summed E-state index contributed by atoms with van der Waals surface area (Å²) in [6.45, 7) is 0. The molecule has 0 fully saturated rings. The van der Waals surface area contributed by atoms with Crippen molar-refractivity contribution in [1.82, 2.24) is 0 Å². The number of amides is 2. The zero-order valence-electron chi connectivity index (χ0n) is 15.4. The predicted molar refractivity (Wildman–Crippen MR) is 110 cm³/mol. The van der Waals surface area contributed by atoms with Crippen molar-refractivity contribution < 1.29 is 14.3 Å². The molecule has 1 aliphatic rings. The Morgan fingerprint density at radius 3 is 2.63 bits per heavy atom. The van der Waals surface area contributed by atoms with Crippen LogP contribution in [0.1, 0.15) is 12.0 Å². The fourth-order valence-electron chi connectivity index (χ4n) is 2.63. The van der Waals surface area contributed by atoms with Gasteiger partial charge in [0.25, 0.3) is 5.91 Å². The molecule has 2 aromatic carbocycles. The number of nitrogens with zero attached hydrogens (tertiary/aromatic N) is 2. The van der Waals surface area contributed by atoms with Crippen LogP contribution < -0.4 is 15.0 Å². The van der Waals surface area contributed by atoms with E-state index in [-0.39, 0.29) is 18.2 Å². The largest absolute Gasteiger partial charge is 0.497 e. The van der Waals surface area contributed by atoms with E-state index in [9.17, 15) is 9.59 Å². The first-order valence-electron chi connectivity index (χ1n) is 8.47. The van der Waals surface area contributed by atoms with Crippen molar-refractivity contribution in [2.75, 3.05) is 31.4 Å². The molecule has 0 saturated heterocycles. The summed E-state index contributed by atoms with van der Waals surface area (Å²) in [5.74, 6) is 0.159. The number of anilines is 2. The van der Waals surface area contributed by atoms with Crippen LogP contribution in [0.25, 0.3) is 0 Å². The molecule has 1 heterocycles. The molecular weight excluding hydrogens is 362 g/mol. The molecule has 140 valence electrons. The van der Waals surface area contributed by atoms with Gasteiger partial charge < -0.3 is 15.0 Å². The first-order valence-corrected chi connectivity index (χ1v) is 9.35. The molecule has 2 amide bonds. The van der Waals surface area contributed by atoms with Crippen molar-refractivity contribution in [3.63, 3.8) is 0 Å². The second-order valence-corrected chi connectivity index (χ2v) is 7.48. The van der Waals surface area contributed by atoms with E-state index in [0.717, 1.165) is 11.3 Å². The number of benzene rings is 2. The van der Waals surface area contributed by atoms with Crippen LogP contribution in [0, 0.1) is 0 Å². The van der Waals surface area contributed by atoms with Gasteiger partial charge >= 0.3 is 0 Å². The fourth-order valence-corrected chi connectivity index (χ4v) is 3.70. The average Bonchev–Trinajstić information content (AvgIpc) is 3.02. The fraction of sp³-hybridized carbons (Fsp3) is 0.250. The van der Waals surface area contributed by atoms with Gasteiger partial charge in [0.1, 0.15) is 16.0 Å². The van der Waals surface area contributed by atoms with Crippen molar-refractivity contribution in [3.05, 3.63) is 54.1 Å². The SMILES string of the molecule is COc1cccc(NC(=O)C[C@H]2SC(c3ccc(N(C)C)cc3)=NC2=O)c1. The van der Waals surface area contributed by atoms with Gasteiger partial charge in [-0.25, -0.2) is 4.99 Å². The van der Waals surface area contributed by atoms with Crippen molar-refractivity contribution in [2.45, 2.75) is 11.7 Å². The predicted octanol–water partition coefficient (Wildman–Crippen LogP) is 3.18. The molecule has 1 aliphatic heterocycles. The number of hydrogen-bond donors (Lipinski definition) is 1. The summed E-state index contributed by atoms with van der Waals surface area (Å²) in [6, 6.07) is 14.9. The minimum Gasteiger partial charge on any atom is -0.497 e. The van der Waals surface area contributed by atoms with E-state index in [4.69, 9.17) is 4.74 Å². The molecule has 3 rings (SSSR count). The summed E-state index contributed by atoms with van der Waals surface area (Å²) in [5, 5.41) is 2.95. The maximum Gasteiger partial charge on any atom is 0.260 e. The quantitative estimate of drug-likeness (QED) is 0.830. The standard InChI is InChI=1S/C20H21N3O3S/c1-23(2)15-9-7-13(8-10-15)20-22-19(25)17(27-20)12-18(24)21-14-5-4-6-16(11-14)26-3/h4-11,17H,12H2,1-3H3,(H,21,24)/t17-/m1/s1.